The molecule has 0 saturated carbocycles. The molecule has 1 heterocycles. The summed E-state index contributed by atoms with van der Waals surface area (Å²) in [5.74, 6) is 0.654. The van der Waals surface area contributed by atoms with Gasteiger partial charge in [-0.2, -0.15) is 0 Å². The smallest absolute Gasteiger partial charge is 0.230 e. The summed E-state index contributed by atoms with van der Waals surface area (Å²) in [6, 6.07) is 0. The molecule has 0 spiro atoms. The van der Waals surface area contributed by atoms with E-state index in [-0.39, 0.29) is 18.1 Å². The van der Waals surface area contributed by atoms with Crippen LogP contribution in [0.15, 0.2) is 0 Å². The van der Waals surface area contributed by atoms with Gasteiger partial charge in [0.05, 0.1) is 6.42 Å². The SMILES string of the molecule is CCC(=O)CC(=O)N1CCCC(C)C1. The summed E-state index contributed by atoms with van der Waals surface area (Å²) in [6.45, 7) is 5.62. The van der Waals surface area contributed by atoms with Crippen molar-refractivity contribution in [2.75, 3.05) is 13.1 Å². The van der Waals surface area contributed by atoms with Crippen LogP contribution < -0.4 is 0 Å². The topological polar surface area (TPSA) is 37.4 Å². The van der Waals surface area contributed by atoms with Crippen LogP contribution in [-0.2, 0) is 9.59 Å². The quantitative estimate of drug-likeness (QED) is 0.645. The van der Waals surface area contributed by atoms with Crippen molar-refractivity contribution in [3.8, 4) is 0 Å². The van der Waals surface area contributed by atoms with E-state index in [9.17, 15) is 9.59 Å². The molecule has 1 unspecified atom stereocenters. The number of carbonyl (C=O) groups excluding carboxylic acids is 2. The standard InChI is InChI=1S/C11H19NO2/c1-3-10(13)7-11(14)12-6-4-5-9(2)8-12/h9H,3-8H2,1-2H3. The first-order valence-electron chi connectivity index (χ1n) is 5.43. The van der Waals surface area contributed by atoms with Gasteiger partial charge in [-0.1, -0.05) is 13.8 Å². The Bertz CT molecular complexity index is 225. The second-order valence-electron chi connectivity index (χ2n) is 4.16. The fourth-order valence-electron chi connectivity index (χ4n) is 1.82. The first-order chi connectivity index (χ1) is 6.63. The van der Waals surface area contributed by atoms with Crippen LogP contribution in [0, 0.1) is 5.92 Å². The fourth-order valence-corrected chi connectivity index (χ4v) is 1.82. The van der Waals surface area contributed by atoms with Crippen molar-refractivity contribution in [1.82, 2.24) is 4.90 Å². The van der Waals surface area contributed by atoms with Gasteiger partial charge < -0.3 is 4.90 Å². The van der Waals surface area contributed by atoms with Crippen LogP contribution in [0.3, 0.4) is 0 Å². The minimum absolute atomic E-state index is 0.0170. The third-order valence-corrected chi connectivity index (χ3v) is 2.75. The molecule has 0 bridgehead atoms. The zero-order valence-corrected chi connectivity index (χ0v) is 9.08. The van der Waals surface area contributed by atoms with Crippen LogP contribution in [0.1, 0.15) is 39.5 Å². The van der Waals surface area contributed by atoms with Crippen molar-refractivity contribution >= 4 is 11.7 Å². The zero-order valence-electron chi connectivity index (χ0n) is 9.08. The number of Topliss-reactive ketones (excluding diaryl/α,β-unsaturated/α-hetero) is 1. The number of likely N-dealkylation sites (tertiary alicyclic amines) is 1. The van der Waals surface area contributed by atoms with Gasteiger partial charge in [-0.3, -0.25) is 9.59 Å². The maximum absolute atomic E-state index is 11.6. The van der Waals surface area contributed by atoms with Gasteiger partial charge in [-0.05, 0) is 18.8 Å². The molecule has 3 nitrogen and oxygen atoms in total. The number of hydrogen-bond donors (Lipinski definition) is 0. The van der Waals surface area contributed by atoms with Crippen LogP contribution in [0.25, 0.3) is 0 Å². The number of rotatable bonds is 3. The molecule has 1 atom stereocenters. The summed E-state index contributed by atoms with van der Waals surface area (Å²) in [5.41, 5.74) is 0. The molecule has 1 aliphatic rings. The third-order valence-electron chi connectivity index (χ3n) is 2.75. The van der Waals surface area contributed by atoms with E-state index in [0.29, 0.717) is 12.3 Å². The van der Waals surface area contributed by atoms with Crippen LogP contribution in [0.4, 0.5) is 0 Å². The number of amides is 1. The van der Waals surface area contributed by atoms with Crippen LogP contribution in [-0.4, -0.2) is 29.7 Å². The molecular formula is C11H19NO2. The van der Waals surface area contributed by atoms with Crippen molar-refractivity contribution in [3.05, 3.63) is 0 Å². The molecule has 1 fully saturated rings. The van der Waals surface area contributed by atoms with Gasteiger partial charge in [0.15, 0.2) is 0 Å². The van der Waals surface area contributed by atoms with E-state index in [1.807, 2.05) is 4.90 Å². The van der Waals surface area contributed by atoms with Crippen LogP contribution in [0.2, 0.25) is 0 Å². The Morgan fingerprint density at radius 2 is 2.14 bits per heavy atom. The second kappa shape index (κ2) is 5.13. The first-order valence-corrected chi connectivity index (χ1v) is 5.43. The summed E-state index contributed by atoms with van der Waals surface area (Å²) in [7, 11) is 0. The Morgan fingerprint density at radius 3 is 2.71 bits per heavy atom. The van der Waals surface area contributed by atoms with Crippen molar-refractivity contribution in [2.24, 2.45) is 5.92 Å². The monoisotopic (exact) mass is 197 g/mol. The van der Waals surface area contributed by atoms with E-state index in [2.05, 4.69) is 6.92 Å². The molecule has 1 amide bonds. The lowest BCUT2D eigenvalue weighted by Crippen LogP contribution is -2.39. The highest BCUT2D eigenvalue weighted by atomic mass is 16.2. The predicted molar refractivity (Wildman–Crippen MR) is 54.9 cm³/mol. The molecule has 0 aromatic rings. The Labute approximate surface area is 85.5 Å². The van der Waals surface area contributed by atoms with Gasteiger partial charge in [0, 0.05) is 19.5 Å². The molecule has 0 N–H and O–H groups in total. The van der Waals surface area contributed by atoms with E-state index in [1.165, 1.54) is 6.42 Å². The summed E-state index contributed by atoms with van der Waals surface area (Å²) >= 11 is 0. The minimum atomic E-state index is 0.0170. The summed E-state index contributed by atoms with van der Waals surface area (Å²) in [4.78, 5) is 24.6. The number of piperidine rings is 1. The number of nitrogens with zero attached hydrogens (tertiary/aromatic N) is 1. The Morgan fingerprint density at radius 1 is 1.43 bits per heavy atom. The van der Waals surface area contributed by atoms with Crippen molar-refractivity contribution in [2.45, 2.75) is 39.5 Å². The summed E-state index contributed by atoms with van der Waals surface area (Å²) in [6.07, 6.45) is 2.84. The number of ketones is 1. The molecule has 14 heavy (non-hydrogen) atoms. The largest absolute Gasteiger partial charge is 0.342 e. The minimum Gasteiger partial charge on any atom is -0.342 e. The van der Waals surface area contributed by atoms with Crippen molar-refractivity contribution < 1.29 is 9.59 Å². The summed E-state index contributed by atoms with van der Waals surface area (Å²) in [5, 5.41) is 0. The highest BCUT2D eigenvalue weighted by Crippen LogP contribution is 2.16. The first kappa shape index (κ1) is 11.2. The highest BCUT2D eigenvalue weighted by Gasteiger charge is 2.21. The van der Waals surface area contributed by atoms with Crippen molar-refractivity contribution in [1.29, 1.82) is 0 Å². The maximum atomic E-state index is 11.6. The molecule has 0 aromatic carbocycles. The average Bonchev–Trinajstić information content (AvgIpc) is 2.17. The molecule has 0 radical (unpaired) electrons. The average molecular weight is 197 g/mol. The molecule has 3 heteroatoms. The Hall–Kier alpha value is -0.860. The third kappa shape index (κ3) is 3.13. The second-order valence-corrected chi connectivity index (χ2v) is 4.16. The van der Waals surface area contributed by atoms with Gasteiger partial charge in [-0.15, -0.1) is 0 Å². The fraction of sp³-hybridized carbons (Fsp3) is 0.818. The van der Waals surface area contributed by atoms with Crippen LogP contribution in [0.5, 0.6) is 0 Å². The number of hydrogen-bond acceptors (Lipinski definition) is 2. The van der Waals surface area contributed by atoms with Gasteiger partial charge >= 0.3 is 0 Å². The molecule has 1 saturated heterocycles. The zero-order chi connectivity index (χ0) is 10.6. The predicted octanol–water partition coefficient (Wildman–Crippen LogP) is 1.61. The summed E-state index contributed by atoms with van der Waals surface area (Å²) < 4.78 is 0. The highest BCUT2D eigenvalue weighted by molar-refractivity contribution is 5.97. The molecule has 0 aromatic heterocycles. The molecular weight excluding hydrogens is 178 g/mol. The van der Waals surface area contributed by atoms with Gasteiger partial charge in [0.2, 0.25) is 5.91 Å². The van der Waals surface area contributed by atoms with E-state index in [0.717, 1.165) is 19.5 Å². The van der Waals surface area contributed by atoms with Gasteiger partial charge in [0.25, 0.3) is 0 Å². The van der Waals surface area contributed by atoms with Gasteiger partial charge in [-0.25, -0.2) is 0 Å². The van der Waals surface area contributed by atoms with Crippen LogP contribution >= 0.6 is 0 Å². The van der Waals surface area contributed by atoms with E-state index in [4.69, 9.17) is 0 Å². The lowest BCUT2D eigenvalue weighted by atomic mass is 10.00. The van der Waals surface area contributed by atoms with Gasteiger partial charge in [0.1, 0.15) is 5.78 Å². The molecule has 1 rings (SSSR count). The molecule has 80 valence electrons. The lowest BCUT2D eigenvalue weighted by molar-refractivity contribution is -0.136. The van der Waals surface area contributed by atoms with E-state index < -0.39 is 0 Å². The normalized spacial score (nSPS) is 22.1. The molecule has 0 aliphatic carbocycles. The Kier molecular flexibility index (Phi) is 4.11. The number of carbonyl (C=O) groups is 2. The lowest BCUT2D eigenvalue weighted by Gasteiger charge is -2.30. The Balaban J connectivity index is 2.39. The van der Waals surface area contributed by atoms with E-state index in [1.54, 1.807) is 6.92 Å². The molecule has 1 aliphatic heterocycles. The maximum Gasteiger partial charge on any atom is 0.230 e. The van der Waals surface area contributed by atoms with E-state index >= 15 is 0 Å². The van der Waals surface area contributed by atoms with Crippen molar-refractivity contribution in [3.63, 3.8) is 0 Å².